The topological polar surface area (TPSA) is 34.1 Å². The molecule has 3 nitrogen and oxygen atoms in total. The molecule has 2 rings (SSSR count). The van der Waals surface area contributed by atoms with Crippen molar-refractivity contribution in [2.45, 2.75) is 20.1 Å². The summed E-state index contributed by atoms with van der Waals surface area (Å²) >= 11 is 0. The van der Waals surface area contributed by atoms with E-state index in [4.69, 9.17) is 0 Å². The molecule has 1 N–H and O–H groups in total. The molecule has 0 bridgehead atoms. The summed E-state index contributed by atoms with van der Waals surface area (Å²) in [5, 5.41) is 3.20. The molecular weight excluding hydrogens is 250 g/mol. The highest BCUT2D eigenvalue weighted by molar-refractivity contribution is 5.42. The van der Waals surface area contributed by atoms with Gasteiger partial charge in [0.05, 0.1) is 11.9 Å². The summed E-state index contributed by atoms with van der Waals surface area (Å²) < 4.78 is 28.2. The zero-order valence-electron chi connectivity index (χ0n) is 10.4. The van der Waals surface area contributed by atoms with Gasteiger partial charge < -0.3 is 10.1 Å². The van der Waals surface area contributed by atoms with Crippen molar-refractivity contribution in [3.8, 4) is 5.75 Å². The first-order valence-electron chi connectivity index (χ1n) is 5.84. The maximum Gasteiger partial charge on any atom is 0.387 e. The van der Waals surface area contributed by atoms with E-state index in [9.17, 15) is 8.78 Å². The van der Waals surface area contributed by atoms with E-state index < -0.39 is 6.61 Å². The van der Waals surface area contributed by atoms with E-state index in [1.807, 2.05) is 19.1 Å². The first kappa shape index (κ1) is 13.3. The number of benzene rings is 1. The molecule has 1 aromatic heterocycles. The van der Waals surface area contributed by atoms with Gasteiger partial charge in [0, 0.05) is 12.2 Å². The van der Waals surface area contributed by atoms with Gasteiger partial charge in [-0.05, 0) is 36.8 Å². The Morgan fingerprint density at radius 2 is 1.89 bits per heavy atom. The minimum absolute atomic E-state index is 0.163. The van der Waals surface area contributed by atoms with Gasteiger partial charge in [0.1, 0.15) is 5.75 Å². The number of nitrogens with zero attached hydrogens (tertiary/aromatic N) is 1. The molecule has 19 heavy (non-hydrogen) atoms. The van der Waals surface area contributed by atoms with Gasteiger partial charge in [0.15, 0.2) is 0 Å². The summed E-state index contributed by atoms with van der Waals surface area (Å²) in [5.41, 5.74) is 2.85. The van der Waals surface area contributed by atoms with E-state index in [0.29, 0.717) is 6.54 Å². The highest BCUT2D eigenvalue weighted by Crippen LogP contribution is 2.16. The highest BCUT2D eigenvalue weighted by atomic mass is 19.3. The Hall–Kier alpha value is -2.17. The van der Waals surface area contributed by atoms with Crippen LogP contribution in [0.2, 0.25) is 0 Å². The Balaban J connectivity index is 1.91. The number of anilines is 1. The molecular formula is C14H14F2N2O. The molecule has 0 atom stereocenters. The van der Waals surface area contributed by atoms with Crippen molar-refractivity contribution in [1.29, 1.82) is 0 Å². The van der Waals surface area contributed by atoms with Gasteiger partial charge in [-0.2, -0.15) is 8.78 Å². The molecule has 0 aliphatic heterocycles. The van der Waals surface area contributed by atoms with Crippen LogP contribution in [0, 0.1) is 6.92 Å². The SMILES string of the molecule is Cc1ccc(NCc2ccc(OC(F)F)cc2)cn1. The van der Waals surface area contributed by atoms with E-state index >= 15 is 0 Å². The van der Waals surface area contributed by atoms with Gasteiger partial charge in [-0.25, -0.2) is 0 Å². The lowest BCUT2D eigenvalue weighted by Gasteiger charge is -2.08. The molecule has 0 aliphatic rings. The predicted molar refractivity (Wildman–Crippen MR) is 69.4 cm³/mol. The number of ether oxygens (including phenoxy) is 1. The highest BCUT2D eigenvalue weighted by Gasteiger charge is 2.03. The molecule has 5 heteroatoms. The fourth-order valence-corrected chi connectivity index (χ4v) is 1.57. The summed E-state index contributed by atoms with van der Waals surface area (Å²) in [7, 11) is 0. The van der Waals surface area contributed by atoms with Gasteiger partial charge in [0.2, 0.25) is 0 Å². The predicted octanol–water partition coefficient (Wildman–Crippen LogP) is 3.60. The van der Waals surface area contributed by atoms with Crippen molar-refractivity contribution >= 4 is 5.69 Å². The molecule has 0 aliphatic carbocycles. The van der Waals surface area contributed by atoms with Crippen LogP contribution in [0.4, 0.5) is 14.5 Å². The van der Waals surface area contributed by atoms with Crippen LogP contribution >= 0.6 is 0 Å². The third-order valence-electron chi connectivity index (χ3n) is 2.56. The van der Waals surface area contributed by atoms with E-state index in [1.165, 1.54) is 12.1 Å². The maximum atomic E-state index is 12.0. The van der Waals surface area contributed by atoms with Gasteiger partial charge >= 0.3 is 6.61 Å². The van der Waals surface area contributed by atoms with Crippen LogP contribution in [0.5, 0.6) is 5.75 Å². The van der Waals surface area contributed by atoms with Crippen LogP contribution in [0.3, 0.4) is 0 Å². The number of aromatic nitrogens is 1. The van der Waals surface area contributed by atoms with Crippen LogP contribution in [0.15, 0.2) is 42.6 Å². The second kappa shape index (κ2) is 6.13. The summed E-state index contributed by atoms with van der Waals surface area (Å²) in [6, 6.07) is 10.4. The van der Waals surface area contributed by atoms with E-state index in [-0.39, 0.29) is 5.75 Å². The Bertz CT molecular complexity index is 512. The van der Waals surface area contributed by atoms with Gasteiger partial charge in [0.25, 0.3) is 0 Å². The number of pyridine rings is 1. The zero-order chi connectivity index (χ0) is 13.7. The monoisotopic (exact) mass is 264 g/mol. The number of halogens is 2. The number of hydrogen-bond donors (Lipinski definition) is 1. The van der Waals surface area contributed by atoms with Crippen LogP contribution in [0.1, 0.15) is 11.3 Å². The lowest BCUT2D eigenvalue weighted by atomic mass is 10.2. The fourth-order valence-electron chi connectivity index (χ4n) is 1.57. The largest absolute Gasteiger partial charge is 0.435 e. The normalized spacial score (nSPS) is 10.5. The Morgan fingerprint density at radius 1 is 1.16 bits per heavy atom. The number of alkyl halides is 2. The molecule has 0 fully saturated rings. The van der Waals surface area contributed by atoms with Crippen LogP contribution in [-0.4, -0.2) is 11.6 Å². The van der Waals surface area contributed by atoms with Crippen molar-refractivity contribution < 1.29 is 13.5 Å². The molecule has 0 amide bonds. The van der Waals surface area contributed by atoms with Crippen molar-refractivity contribution in [3.63, 3.8) is 0 Å². The average Bonchev–Trinajstić information content (AvgIpc) is 2.39. The molecule has 0 saturated heterocycles. The maximum absolute atomic E-state index is 12.0. The summed E-state index contributed by atoms with van der Waals surface area (Å²) in [6.45, 7) is -0.270. The number of rotatable bonds is 5. The van der Waals surface area contributed by atoms with Crippen LogP contribution < -0.4 is 10.1 Å². The fraction of sp³-hybridized carbons (Fsp3) is 0.214. The van der Waals surface area contributed by atoms with Crippen molar-refractivity contribution in [1.82, 2.24) is 4.98 Å². The molecule has 100 valence electrons. The average molecular weight is 264 g/mol. The molecule has 0 radical (unpaired) electrons. The standard InChI is InChI=1S/C14H14F2N2O/c1-10-2-5-12(9-17-10)18-8-11-3-6-13(7-4-11)19-14(15)16/h2-7,9,14,18H,8H2,1H3. The lowest BCUT2D eigenvalue weighted by molar-refractivity contribution is -0.0498. The van der Waals surface area contributed by atoms with E-state index in [2.05, 4.69) is 15.0 Å². The Morgan fingerprint density at radius 3 is 2.47 bits per heavy atom. The van der Waals surface area contributed by atoms with Gasteiger partial charge in [-0.1, -0.05) is 12.1 Å². The van der Waals surface area contributed by atoms with Gasteiger partial charge in [-0.15, -0.1) is 0 Å². The summed E-state index contributed by atoms with van der Waals surface area (Å²) in [4.78, 5) is 4.17. The smallest absolute Gasteiger partial charge is 0.387 e. The molecule has 0 saturated carbocycles. The first-order chi connectivity index (χ1) is 9.13. The minimum atomic E-state index is -2.79. The first-order valence-corrected chi connectivity index (χ1v) is 5.84. The number of aryl methyl sites for hydroxylation is 1. The molecule has 0 unspecified atom stereocenters. The molecule has 2 aromatic rings. The summed E-state index contributed by atoms with van der Waals surface area (Å²) in [5.74, 6) is 0.163. The zero-order valence-corrected chi connectivity index (χ0v) is 10.4. The minimum Gasteiger partial charge on any atom is -0.435 e. The third kappa shape index (κ3) is 4.21. The third-order valence-corrected chi connectivity index (χ3v) is 2.56. The second-order valence-electron chi connectivity index (χ2n) is 4.06. The molecule has 0 spiro atoms. The number of hydrogen-bond acceptors (Lipinski definition) is 3. The quantitative estimate of drug-likeness (QED) is 0.895. The molecule has 1 heterocycles. The van der Waals surface area contributed by atoms with E-state index in [0.717, 1.165) is 16.9 Å². The van der Waals surface area contributed by atoms with Crippen molar-refractivity contribution in [3.05, 3.63) is 53.9 Å². The second-order valence-corrected chi connectivity index (χ2v) is 4.06. The van der Waals surface area contributed by atoms with Crippen LogP contribution in [0.25, 0.3) is 0 Å². The van der Waals surface area contributed by atoms with Gasteiger partial charge in [-0.3, -0.25) is 4.98 Å². The molecule has 1 aromatic carbocycles. The Kier molecular flexibility index (Phi) is 4.28. The summed E-state index contributed by atoms with van der Waals surface area (Å²) in [6.07, 6.45) is 1.75. The van der Waals surface area contributed by atoms with Crippen molar-refractivity contribution in [2.75, 3.05) is 5.32 Å². The lowest BCUT2D eigenvalue weighted by Crippen LogP contribution is -2.03. The Labute approximate surface area is 110 Å². The van der Waals surface area contributed by atoms with Crippen LogP contribution in [-0.2, 0) is 6.54 Å². The number of nitrogens with one attached hydrogen (secondary N) is 1. The van der Waals surface area contributed by atoms with E-state index in [1.54, 1.807) is 18.3 Å². The van der Waals surface area contributed by atoms with Crippen molar-refractivity contribution in [2.24, 2.45) is 0 Å².